The number of ketones is 2. The average molecular weight is 380 g/mol. The molecule has 0 aliphatic heterocycles. The standard InChI is InChI=1S/C21H16O7/c22-13-6-8-15(17(24)10-13)20(27)21(28,16-9-7-14(23)11-18(16)25)19(26)12-4-2-1-3-5-12/h1-11,22-25,28H. The van der Waals surface area contributed by atoms with Gasteiger partial charge in [0.1, 0.15) is 23.0 Å². The van der Waals surface area contributed by atoms with E-state index < -0.39 is 39.8 Å². The van der Waals surface area contributed by atoms with E-state index >= 15 is 0 Å². The molecule has 3 rings (SSSR count). The predicted molar refractivity (Wildman–Crippen MR) is 98.5 cm³/mol. The number of benzene rings is 3. The zero-order valence-corrected chi connectivity index (χ0v) is 14.4. The molecule has 3 aromatic rings. The lowest BCUT2D eigenvalue weighted by molar-refractivity contribution is 0.0270. The van der Waals surface area contributed by atoms with Gasteiger partial charge in [0.05, 0.1) is 5.56 Å². The van der Waals surface area contributed by atoms with Gasteiger partial charge in [-0.25, -0.2) is 0 Å². The maximum atomic E-state index is 13.2. The Bertz CT molecular complexity index is 1060. The quantitative estimate of drug-likeness (QED) is 0.339. The van der Waals surface area contributed by atoms with E-state index in [-0.39, 0.29) is 17.1 Å². The van der Waals surface area contributed by atoms with Crippen molar-refractivity contribution in [1.29, 1.82) is 0 Å². The molecule has 0 fully saturated rings. The van der Waals surface area contributed by atoms with Crippen molar-refractivity contribution in [2.45, 2.75) is 5.60 Å². The third-order valence-electron chi connectivity index (χ3n) is 4.29. The highest BCUT2D eigenvalue weighted by molar-refractivity contribution is 6.23. The minimum absolute atomic E-state index is 0.0101. The molecule has 0 saturated carbocycles. The highest BCUT2D eigenvalue weighted by Crippen LogP contribution is 2.39. The van der Waals surface area contributed by atoms with Crippen molar-refractivity contribution in [3.8, 4) is 23.0 Å². The van der Waals surface area contributed by atoms with Crippen molar-refractivity contribution in [2.24, 2.45) is 0 Å². The number of aliphatic hydroxyl groups is 1. The van der Waals surface area contributed by atoms with E-state index in [1.54, 1.807) is 6.07 Å². The van der Waals surface area contributed by atoms with Gasteiger partial charge in [0, 0.05) is 23.3 Å². The highest BCUT2D eigenvalue weighted by atomic mass is 16.3. The highest BCUT2D eigenvalue weighted by Gasteiger charge is 2.48. The lowest BCUT2D eigenvalue weighted by Gasteiger charge is -2.27. The Morgan fingerprint density at radius 2 is 1.25 bits per heavy atom. The summed E-state index contributed by atoms with van der Waals surface area (Å²) < 4.78 is 0. The van der Waals surface area contributed by atoms with Crippen molar-refractivity contribution in [1.82, 2.24) is 0 Å². The molecule has 28 heavy (non-hydrogen) atoms. The van der Waals surface area contributed by atoms with Crippen molar-refractivity contribution < 1.29 is 35.1 Å². The number of phenolic OH excluding ortho intramolecular Hbond substituents is 4. The molecule has 3 aromatic carbocycles. The van der Waals surface area contributed by atoms with Crippen LogP contribution in [-0.4, -0.2) is 37.1 Å². The average Bonchev–Trinajstić information content (AvgIpc) is 2.67. The zero-order chi connectivity index (χ0) is 20.5. The Balaban J connectivity index is 2.25. The number of rotatable bonds is 5. The molecule has 0 heterocycles. The molecule has 1 atom stereocenters. The van der Waals surface area contributed by atoms with Crippen LogP contribution in [0.1, 0.15) is 26.3 Å². The largest absolute Gasteiger partial charge is 0.508 e. The maximum absolute atomic E-state index is 13.2. The number of carbonyl (C=O) groups excluding carboxylic acids is 2. The van der Waals surface area contributed by atoms with Gasteiger partial charge < -0.3 is 25.5 Å². The van der Waals surface area contributed by atoms with Gasteiger partial charge >= 0.3 is 0 Å². The molecule has 0 radical (unpaired) electrons. The lowest BCUT2D eigenvalue weighted by Crippen LogP contribution is -2.44. The van der Waals surface area contributed by atoms with Gasteiger partial charge in [-0.15, -0.1) is 0 Å². The molecule has 142 valence electrons. The Morgan fingerprint density at radius 3 is 1.82 bits per heavy atom. The topological polar surface area (TPSA) is 135 Å². The van der Waals surface area contributed by atoms with E-state index in [2.05, 4.69) is 0 Å². The molecular formula is C21H16O7. The number of hydrogen-bond donors (Lipinski definition) is 5. The molecule has 0 aliphatic rings. The predicted octanol–water partition coefficient (Wildman–Crippen LogP) is 2.46. The molecule has 7 heteroatoms. The van der Waals surface area contributed by atoms with Crippen LogP contribution in [0.5, 0.6) is 23.0 Å². The molecule has 1 unspecified atom stereocenters. The summed E-state index contributed by atoms with van der Waals surface area (Å²) in [7, 11) is 0. The minimum atomic E-state index is -2.90. The summed E-state index contributed by atoms with van der Waals surface area (Å²) in [5.41, 5.74) is -3.80. The van der Waals surface area contributed by atoms with Gasteiger partial charge in [0.15, 0.2) is 0 Å². The van der Waals surface area contributed by atoms with Crippen LogP contribution in [-0.2, 0) is 5.60 Å². The first-order valence-corrected chi connectivity index (χ1v) is 8.16. The zero-order valence-electron chi connectivity index (χ0n) is 14.4. The van der Waals surface area contributed by atoms with E-state index in [9.17, 15) is 35.1 Å². The SMILES string of the molecule is O=C(c1ccccc1)C(O)(C(=O)c1ccc(O)cc1O)c1ccc(O)cc1O. The van der Waals surface area contributed by atoms with Crippen LogP contribution in [0.2, 0.25) is 0 Å². The first kappa shape index (κ1) is 18.9. The van der Waals surface area contributed by atoms with Crippen LogP contribution in [0.25, 0.3) is 0 Å². The Kier molecular flexibility index (Phi) is 4.77. The normalized spacial score (nSPS) is 12.9. The second-order valence-electron chi connectivity index (χ2n) is 6.14. The van der Waals surface area contributed by atoms with Crippen LogP contribution >= 0.6 is 0 Å². The molecule has 0 aromatic heterocycles. The third kappa shape index (κ3) is 3.15. The lowest BCUT2D eigenvalue weighted by atomic mass is 9.79. The van der Waals surface area contributed by atoms with Crippen LogP contribution in [0.15, 0.2) is 66.7 Å². The van der Waals surface area contributed by atoms with Crippen molar-refractivity contribution in [3.63, 3.8) is 0 Å². The van der Waals surface area contributed by atoms with Crippen LogP contribution < -0.4 is 0 Å². The van der Waals surface area contributed by atoms with Crippen molar-refractivity contribution in [2.75, 3.05) is 0 Å². The molecule has 0 bridgehead atoms. The fourth-order valence-corrected chi connectivity index (χ4v) is 2.88. The molecule has 0 spiro atoms. The first-order valence-electron chi connectivity index (χ1n) is 8.16. The number of phenols is 4. The summed E-state index contributed by atoms with van der Waals surface area (Å²) in [5, 5.41) is 50.5. The summed E-state index contributed by atoms with van der Waals surface area (Å²) in [6, 6.07) is 13.5. The fourth-order valence-electron chi connectivity index (χ4n) is 2.88. The third-order valence-corrected chi connectivity index (χ3v) is 4.29. The number of aromatic hydroxyl groups is 4. The summed E-state index contributed by atoms with van der Waals surface area (Å²) in [6.45, 7) is 0. The molecule has 7 nitrogen and oxygen atoms in total. The Hall–Kier alpha value is -3.84. The van der Waals surface area contributed by atoms with E-state index in [0.717, 1.165) is 36.4 Å². The number of carbonyl (C=O) groups is 2. The molecule has 0 saturated heterocycles. The van der Waals surface area contributed by atoms with Crippen LogP contribution in [0.3, 0.4) is 0 Å². The Labute approximate surface area is 159 Å². The maximum Gasteiger partial charge on any atom is 0.220 e. The van der Waals surface area contributed by atoms with Gasteiger partial charge in [-0.1, -0.05) is 30.3 Å². The van der Waals surface area contributed by atoms with E-state index in [1.165, 1.54) is 24.3 Å². The summed E-state index contributed by atoms with van der Waals surface area (Å²) in [6.07, 6.45) is 0. The van der Waals surface area contributed by atoms with Crippen molar-refractivity contribution in [3.05, 3.63) is 83.4 Å². The second kappa shape index (κ2) is 7.05. The molecule has 0 amide bonds. The monoisotopic (exact) mass is 380 g/mol. The first-order chi connectivity index (χ1) is 13.2. The van der Waals surface area contributed by atoms with Crippen LogP contribution in [0, 0.1) is 0 Å². The molecule has 5 N–H and O–H groups in total. The van der Waals surface area contributed by atoms with Gasteiger partial charge in [0.2, 0.25) is 17.2 Å². The van der Waals surface area contributed by atoms with Crippen LogP contribution in [0.4, 0.5) is 0 Å². The molecule has 0 aliphatic carbocycles. The summed E-state index contributed by atoms with van der Waals surface area (Å²) >= 11 is 0. The summed E-state index contributed by atoms with van der Waals surface area (Å²) in [5.74, 6) is -4.23. The van der Waals surface area contributed by atoms with E-state index in [4.69, 9.17) is 0 Å². The number of hydrogen-bond acceptors (Lipinski definition) is 7. The smallest absolute Gasteiger partial charge is 0.220 e. The van der Waals surface area contributed by atoms with E-state index in [0.29, 0.717) is 0 Å². The van der Waals surface area contributed by atoms with Gasteiger partial charge in [0.25, 0.3) is 0 Å². The Morgan fingerprint density at radius 1 is 0.679 bits per heavy atom. The van der Waals surface area contributed by atoms with E-state index in [1.807, 2.05) is 0 Å². The second-order valence-corrected chi connectivity index (χ2v) is 6.14. The van der Waals surface area contributed by atoms with Gasteiger partial charge in [-0.2, -0.15) is 0 Å². The number of Topliss-reactive ketones (excluding diaryl/α,β-unsaturated/α-hetero) is 2. The van der Waals surface area contributed by atoms with Gasteiger partial charge in [-0.05, 0) is 24.3 Å². The minimum Gasteiger partial charge on any atom is -0.508 e. The van der Waals surface area contributed by atoms with Crippen molar-refractivity contribution >= 4 is 11.6 Å². The molecular weight excluding hydrogens is 364 g/mol. The fraction of sp³-hybridized carbons (Fsp3) is 0.0476. The van der Waals surface area contributed by atoms with Gasteiger partial charge in [-0.3, -0.25) is 9.59 Å². The summed E-state index contributed by atoms with van der Waals surface area (Å²) in [4.78, 5) is 26.3.